The molecule has 1 aromatic rings. The summed E-state index contributed by atoms with van der Waals surface area (Å²) in [7, 11) is 1.74. The van der Waals surface area contributed by atoms with E-state index in [2.05, 4.69) is 46.8 Å². The Bertz CT molecular complexity index is 351. The molecule has 1 nitrogen and oxygen atoms in total. The van der Waals surface area contributed by atoms with Crippen LogP contribution in [0, 0.1) is 13.8 Å². The summed E-state index contributed by atoms with van der Waals surface area (Å²) >= 11 is 0. The van der Waals surface area contributed by atoms with E-state index in [1.165, 1.54) is 16.7 Å². The fourth-order valence-electron chi connectivity index (χ4n) is 1.97. The Morgan fingerprint density at radius 2 is 1.73 bits per heavy atom. The van der Waals surface area contributed by atoms with Crippen molar-refractivity contribution in [1.82, 2.24) is 0 Å². The zero-order valence-electron chi connectivity index (χ0n) is 10.8. The van der Waals surface area contributed by atoms with Gasteiger partial charge in [0.25, 0.3) is 0 Å². The molecule has 0 aliphatic heterocycles. The Morgan fingerprint density at radius 1 is 1.13 bits per heavy atom. The SMILES string of the molecule is CCC(C)(C)c1cc(OC)c(C)cc1C. The molecular weight excluding hydrogens is 184 g/mol. The van der Waals surface area contributed by atoms with Gasteiger partial charge in [0.2, 0.25) is 0 Å². The van der Waals surface area contributed by atoms with E-state index in [1.54, 1.807) is 7.11 Å². The van der Waals surface area contributed by atoms with E-state index in [1.807, 2.05) is 0 Å². The van der Waals surface area contributed by atoms with Gasteiger partial charge in [-0.15, -0.1) is 0 Å². The Labute approximate surface area is 93.5 Å². The summed E-state index contributed by atoms with van der Waals surface area (Å²) in [5, 5.41) is 0. The summed E-state index contributed by atoms with van der Waals surface area (Å²) in [5.41, 5.74) is 4.20. The smallest absolute Gasteiger partial charge is 0.122 e. The van der Waals surface area contributed by atoms with Crippen molar-refractivity contribution in [2.24, 2.45) is 0 Å². The average Bonchev–Trinajstić information content (AvgIpc) is 2.17. The fraction of sp³-hybridized carbons (Fsp3) is 0.571. The number of rotatable bonds is 3. The van der Waals surface area contributed by atoms with Crippen molar-refractivity contribution in [2.45, 2.75) is 46.5 Å². The lowest BCUT2D eigenvalue weighted by Gasteiger charge is -2.26. The maximum absolute atomic E-state index is 5.38. The number of methoxy groups -OCH3 is 1. The van der Waals surface area contributed by atoms with Gasteiger partial charge in [-0.05, 0) is 48.4 Å². The Kier molecular flexibility index (Phi) is 3.43. The van der Waals surface area contributed by atoms with E-state index in [-0.39, 0.29) is 5.41 Å². The van der Waals surface area contributed by atoms with Gasteiger partial charge < -0.3 is 4.74 Å². The number of ether oxygens (including phenoxy) is 1. The normalized spacial score (nSPS) is 11.6. The summed E-state index contributed by atoms with van der Waals surface area (Å²) < 4.78 is 5.38. The highest BCUT2D eigenvalue weighted by Gasteiger charge is 2.21. The minimum Gasteiger partial charge on any atom is -0.496 e. The van der Waals surface area contributed by atoms with Crippen LogP contribution in [0.15, 0.2) is 12.1 Å². The van der Waals surface area contributed by atoms with Gasteiger partial charge in [0, 0.05) is 0 Å². The molecule has 0 N–H and O–H groups in total. The average molecular weight is 206 g/mol. The van der Waals surface area contributed by atoms with Gasteiger partial charge in [-0.2, -0.15) is 0 Å². The summed E-state index contributed by atoms with van der Waals surface area (Å²) in [6, 6.07) is 4.40. The summed E-state index contributed by atoms with van der Waals surface area (Å²) in [6.45, 7) is 11.1. The second-order valence-corrected chi connectivity index (χ2v) is 4.87. The second-order valence-electron chi connectivity index (χ2n) is 4.87. The van der Waals surface area contributed by atoms with Crippen molar-refractivity contribution in [3.05, 3.63) is 28.8 Å². The van der Waals surface area contributed by atoms with Crippen molar-refractivity contribution in [3.63, 3.8) is 0 Å². The van der Waals surface area contributed by atoms with E-state index in [0.29, 0.717) is 0 Å². The van der Waals surface area contributed by atoms with Gasteiger partial charge >= 0.3 is 0 Å². The van der Waals surface area contributed by atoms with Crippen LogP contribution in [0.25, 0.3) is 0 Å². The first-order valence-corrected chi connectivity index (χ1v) is 5.58. The van der Waals surface area contributed by atoms with Gasteiger partial charge in [-0.25, -0.2) is 0 Å². The highest BCUT2D eigenvalue weighted by Crippen LogP contribution is 2.33. The van der Waals surface area contributed by atoms with Crippen molar-refractivity contribution in [3.8, 4) is 5.75 Å². The number of hydrogen-bond donors (Lipinski definition) is 0. The van der Waals surface area contributed by atoms with Gasteiger partial charge in [0.05, 0.1) is 7.11 Å². The largest absolute Gasteiger partial charge is 0.496 e. The van der Waals surface area contributed by atoms with Crippen LogP contribution in [0.3, 0.4) is 0 Å². The van der Waals surface area contributed by atoms with Crippen molar-refractivity contribution in [2.75, 3.05) is 7.11 Å². The number of benzene rings is 1. The van der Waals surface area contributed by atoms with E-state index in [9.17, 15) is 0 Å². The molecular formula is C14H22O. The van der Waals surface area contributed by atoms with Crippen molar-refractivity contribution in [1.29, 1.82) is 0 Å². The first-order valence-electron chi connectivity index (χ1n) is 5.58. The monoisotopic (exact) mass is 206 g/mol. The first kappa shape index (κ1) is 12.1. The van der Waals surface area contributed by atoms with E-state index in [0.717, 1.165) is 12.2 Å². The molecule has 84 valence electrons. The predicted octanol–water partition coefficient (Wildman–Crippen LogP) is 4.00. The van der Waals surface area contributed by atoms with Crippen LogP contribution >= 0.6 is 0 Å². The van der Waals surface area contributed by atoms with Crippen LogP contribution < -0.4 is 4.74 Å². The predicted molar refractivity (Wildman–Crippen MR) is 65.8 cm³/mol. The number of hydrogen-bond acceptors (Lipinski definition) is 1. The molecule has 0 heterocycles. The molecule has 0 fully saturated rings. The fourth-order valence-corrected chi connectivity index (χ4v) is 1.97. The molecule has 1 heteroatoms. The zero-order chi connectivity index (χ0) is 11.6. The van der Waals surface area contributed by atoms with Crippen LogP contribution in [0.5, 0.6) is 5.75 Å². The molecule has 0 aromatic heterocycles. The van der Waals surface area contributed by atoms with E-state index < -0.39 is 0 Å². The standard InChI is InChI=1S/C14H22O/c1-7-14(4,5)12-9-13(15-6)11(3)8-10(12)2/h8-9H,7H2,1-6H3. The van der Waals surface area contributed by atoms with E-state index in [4.69, 9.17) is 4.74 Å². The van der Waals surface area contributed by atoms with Crippen LogP contribution in [-0.4, -0.2) is 7.11 Å². The Morgan fingerprint density at radius 3 is 2.20 bits per heavy atom. The van der Waals surface area contributed by atoms with Gasteiger partial charge in [-0.1, -0.05) is 26.8 Å². The maximum Gasteiger partial charge on any atom is 0.122 e. The lowest BCUT2D eigenvalue weighted by atomic mass is 9.79. The van der Waals surface area contributed by atoms with Gasteiger partial charge in [0.15, 0.2) is 0 Å². The highest BCUT2D eigenvalue weighted by molar-refractivity contribution is 5.44. The van der Waals surface area contributed by atoms with Crippen LogP contribution in [-0.2, 0) is 5.41 Å². The minimum absolute atomic E-state index is 0.227. The highest BCUT2D eigenvalue weighted by atomic mass is 16.5. The first-order chi connectivity index (χ1) is 6.92. The molecule has 0 bridgehead atoms. The van der Waals surface area contributed by atoms with Crippen molar-refractivity contribution < 1.29 is 4.74 Å². The summed E-state index contributed by atoms with van der Waals surface area (Å²) in [6.07, 6.45) is 1.14. The molecule has 1 rings (SSSR count). The lowest BCUT2D eigenvalue weighted by Crippen LogP contribution is -2.17. The van der Waals surface area contributed by atoms with Gasteiger partial charge in [0.1, 0.15) is 5.75 Å². The summed E-state index contributed by atoms with van der Waals surface area (Å²) in [5.74, 6) is 0.997. The van der Waals surface area contributed by atoms with Crippen LogP contribution in [0.4, 0.5) is 0 Å². The molecule has 0 atom stereocenters. The van der Waals surface area contributed by atoms with E-state index >= 15 is 0 Å². The third-order valence-corrected chi connectivity index (χ3v) is 3.35. The molecule has 0 aliphatic rings. The molecule has 0 saturated carbocycles. The zero-order valence-corrected chi connectivity index (χ0v) is 10.8. The number of aryl methyl sites for hydroxylation is 2. The van der Waals surface area contributed by atoms with Gasteiger partial charge in [-0.3, -0.25) is 0 Å². The van der Waals surface area contributed by atoms with Crippen LogP contribution in [0.1, 0.15) is 43.9 Å². The molecule has 0 unspecified atom stereocenters. The Hall–Kier alpha value is -0.980. The Balaban J connectivity index is 3.30. The molecule has 0 spiro atoms. The maximum atomic E-state index is 5.38. The van der Waals surface area contributed by atoms with Crippen LogP contribution in [0.2, 0.25) is 0 Å². The quantitative estimate of drug-likeness (QED) is 0.726. The minimum atomic E-state index is 0.227. The summed E-state index contributed by atoms with van der Waals surface area (Å²) in [4.78, 5) is 0. The third kappa shape index (κ3) is 2.34. The molecule has 0 radical (unpaired) electrons. The lowest BCUT2D eigenvalue weighted by molar-refractivity contribution is 0.407. The third-order valence-electron chi connectivity index (χ3n) is 3.35. The van der Waals surface area contributed by atoms with Crippen molar-refractivity contribution >= 4 is 0 Å². The molecule has 0 saturated heterocycles. The topological polar surface area (TPSA) is 9.23 Å². The second kappa shape index (κ2) is 4.26. The molecule has 0 aliphatic carbocycles. The molecule has 1 aromatic carbocycles. The molecule has 0 amide bonds. The molecule has 15 heavy (non-hydrogen) atoms.